The molecular weight excluding hydrogens is 492 g/mol. The second-order valence-electron chi connectivity index (χ2n) is 10.6. The quantitative estimate of drug-likeness (QED) is 0.218. The van der Waals surface area contributed by atoms with E-state index in [2.05, 4.69) is 52.0 Å². The zero-order valence-corrected chi connectivity index (χ0v) is 23.8. The average Bonchev–Trinajstić information content (AvgIpc) is 2.89. The summed E-state index contributed by atoms with van der Waals surface area (Å²) in [5.41, 5.74) is 3.26. The number of hydrogen-bond donors (Lipinski definition) is 0. The Bertz CT molecular complexity index is 1450. The van der Waals surface area contributed by atoms with Gasteiger partial charge in [-0.3, -0.25) is 0 Å². The molecule has 4 aromatic rings. The summed E-state index contributed by atoms with van der Waals surface area (Å²) in [6.45, 7) is 12.6. The normalized spacial score (nSPS) is 12.1. The van der Waals surface area contributed by atoms with Crippen LogP contribution in [0.4, 0.5) is 0 Å². The highest BCUT2D eigenvalue weighted by Crippen LogP contribution is 2.34. The van der Waals surface area contributed by atoms with Crippen LogP contribution in [0.1, 0.15) is 64.2 Å². The summed E-state index contributed by atoms with van der Waals surface area (Å²) in [5.74, 6) is 2.47. The van der Waals surface area contributed by atoms with E-state index in [0.29, 0.717) is 17.4 Å². The van der Waals surface area contributed by atoms with E-state index < -0.39 is 9.84 Å². The van der Waals surface area contributed by atoms with Crippen molar-refractivity contribution in [1.29, 1.82) is 0 Å². The SMILES string of the molecule is CC(C)Oc1ccc(C(C)(C)c2ccc(Oc3ccc(S(=O)(=O)c4ccc(C(C)C)cc4)cc3)cc2)cc1. The van der Waals surface area contributed by atoms with Crippen molar-refractivity contribution in [1.82, 2.24) is 0 Å². The lowest BCUT2D eigenvalue weighted by Crippen LogP contribution is -2.18. The fourth-order valence-corrected chi connectivity index (χ4v) is 5.58. The van der Waals surface area contributed by atoms with E-state index in [9.17, 15) is 8.42 Å². The van der Waals surface area contributed by atoms with Gasteiger partial charge in [-0.25, -0.2) is 8.42 Å². The topological polar surface area (TPSA) is 52.6 Å². The van der Waals surface area contributed by atoms with E-state index in [1.165, 1.54) is 5.56 Å². The summed E-state index contributed by atoms with van der Waals surface area (Å²) in [6, 6.07) is 29.9. The van der Waals surface area contributed by atoms with Gasteiger partial charge in [-0.1, -0.05) is 64.1 Å². The third kappa shape index (κ3) is 6.11. The molecule has 0 saturated carbocycles. The van der Waals surface area contributed by atoms with Gasteiger partial charge in [0.15, 0.2) is 0 Å². The molecule has 0 radical (unpaired) electrons. The Hall–Kier alpha value is -3.57. The zero-order chi connectivity index (χ0) is 27.5. The van der Waals surface area contributed by atoms with Gasteiger partial charge in [0.1, 0.15) is 17.2 Å². The van der Waals surface area contributed by atoms with Crippen LogP contribution in [0, 0.1) is 0 Å². The number of sulfone groups is 1. The van der Waals surface area contributed by atoms with Crippen molar-refractivity contribution >= 4 is 9.84 Å². The second-order valence-corrected chi connectivity index (χ2v) is 12.6. The zero-order valence-electron chi connectivity index (χ0n) is 22.9. The van der Waals surface area contributed by atoms with Crippen LogP contribution in [0.2, 0.25) is 0 Å². The smallest absolute Gasteiger partial charge is 0.206 e. The van der Waals surface area contributed by atoms with Crippen molar-refractivity contribution in [2.45, 2.75) is 68.8 Å². The monoisotopic (exact) mass is 528 g/mol. The summed E-state index contributed by atoms with van der Waals surface area (Å²) in [6.07, 6.45) is 0.143. The molecule has 4 rings (SSSR count). The minimum absolute atomic E-state index is 0.143. The first-order chi connectivity index (χ1) is 18.0. The predicted octanol–water partition coefficient (Wildman–Crippen LogP) is 8.55. The Labute approximate surface area is 227 Å². The fourth-order valence-electron chi connectivity index (χ4n) is 4.32. The minimum atomic E-state index is -3.59. The molecule has 0 aliphatic carbocycles. The summed E-state index contributed by atoms with van der Waals surface area (Å²) in [5, 5.41) is 0. The maximum atomic E-state index is 13.1. The molecule has 0 spiro atoms. The molecular formula is C33H36O4S. The van der Waals surface area contributed by atoms with Crippen LogP contribution in [0.15, 0.2) is 107 Å². The van der Waals surface area contributed by atoms with Crippen molar-refractivity contribution in [3.8, 4) is 17.2 Å². The highest BCUT2D eigenvalue weighted by atomic mass is 32.2. The summed E-state index contributed by atoms with van der Waals surface area (Å²) in [7, 11) is -3.59. The lowest BCUT2D eigenvalue weighted by Gasteiger charge is -2.26. The lowest BCUT2D eigenvalue weighted by atomic mass is 9.78. The molecule has 198 valence electrons. The number of ether oxygens (including phenoxy) is 2. The maximum Gasteiger partial charge on any atom is 0.206 e. The van der Waals surface area contributed by atoms with Crippen molar-refractivity contribution < 1.29 is 17.9 Å². The third-order valence-electron chi connectivity index (χ3n) is 6.75. The summed E-state index contributed by atoms with van der Waals surface area (Å²) in [4.78, 5) is 0.528. The van der Waals surface area contributed by atoms with Gasteiger partial charge in [0.25, 0.3) is 0 Å². The molecule has 0 saturated heterocycles. The van der Waals surface area contributed by atoms with Crippen LogP contribution in [-0.2, 0) is 15.3 Å². The maximum absolute atomic E-state index is 13.1. The van der Waals surface area contributed by atoms with Crippen LogP contribution in [0.5, 0.6) is 17.2 Å². The Balaban J connectivity index is 1.45. The fraction of sp³-hybridized carbons (Fsp3) is 0.273. The second kappa shape index (κ2) is 11.0. The molecule has 38 heavy (non-hydrogen) atoms. The number of benzene rings is 4. The van der Waals surface area contributed by atoms with E-state index >= 15 is 0 Å². The molecule has 0 aliphatic heterocycles. The molecule has 0 aromatic heterocycles. The van der Waals surface area contributed by atoms with Crippen LogP contribution < -0.4 is 9.47 Å². The molecule has 0 heterocycles. The molecule has 4 nitrogen and oxygen atoms in total. The van der Waals surface area contributed by atoms with Gasteiger partial charge < -0.3 is 9.47 Å². The van der Waals surface area contributed by atoms with Gasteiger partial charge in [0.05, 0.1) is 15.9 Å². The van der Waals surface area contributed by atoms with E-state index in [4.69, 9.17) is 9.47 Å². The molecule has 0 amide bonds. The molecule has 0 unspecified atom stereocenters. The van der Waals surface area contributed by atoms with Crippen molar-refractivity contribution in [3.63, 3.8) is 0 Å². The summed E-state index contributed by atoms with van der Waals surface area (Å²) >= 11 is 0. The van der Waals surface area contributed by atoms with Crippen LogP contribution in [0.25, 0.3) is 0 Å². The average molecular weight is 529 g/mol. The first-order valence-electron chi connectivity index (χ1n) is 13.0. The number of rotatable bonds is 9. The van der Waals surface area contributed by atoms with Crippen LogP contribution in [-0.4, -0.2) is 14.5 Å². The van der Waals surface area contributed by atoms with E-state index in [1.807, 2.05) is 50.2 Å². The highest BCUT2D eigenvalue weighted by molar-refractivity contribution is 7.91. The van der Waals surface area contributed by atoms with E-state index in [1.54, 1.807) is 36.4 Å². The van der Waals surface area contributed by atoms with E-state index in [-0.39, 0.29) is 21.3 Å². The molecule has 0 atom stereocenters. The molecule has 0 N–H and O–H groups in total. The van der Waals surface area contributed by atoms with Gasteiger partial charge in [-0.05, 0) is 97.1 Å². The first kappa shape index (κ1) is 27.5. The van der Waals surface area contributed by atoms with Gasteiger partial charge in [-0.2, -0.15) is 0 Å². The summed E-state index contributed by atoms with van der Waals surface area (Å²) < 4.78 is 37.9. The highest BCUT2D eigenvalue weighted by Gasteiger charge is 2.23. The first-order valence-corrected chi connectivity index (χ1v) is 14.5. The van der Waals surface area contributed by atoms with Crippen molar-refractivity contribution in [2.24, 2.45) is 0 Å². The van der Waals surface area contributed by atoms with Crippen LogP contribution in [0.3, 0.4) is 0 Å². The Morgan fingerprint density at radius 3 is 1.39 bits per heavy atom. The molecule has 4 aromatic carbocycles. The van der Waals surface area contributed by atoms with Gasteiger partial charge >= 0.3 is 0 Å². The lowest BCUT2D eigenvalue weighted by molar-refractivity contribution is 0.242. The molecule has 0 aliphatic rings. The Morgan fingerprint density at radius 1 is 0.579 bits per heavy atom. The van der Waals surface area contributed by atoms with Gasteiger partial charge in [0, 0.05) is 5.41 Å². The van der Waals surface area contributed by atoms with E-state index in [0.717, 1.165) is 16.9 Å². The largest absolute Gasteiger partial charge is 0.491 e. The molecule has 0 bridgehead atoms. The minimum Gasteiger partial charge on any atom is -0.491 e. The standard InChI is InChI=1S/C33H36O4S/c1-23(2)25-7-19-31(20-8-25)38(34,35)32-21-17-30(18-22-32)37-29-15-11-27(12-16-29)33(5,6)26-9-13-28(14-10-26)36-24(3)4/h7-24H,1-6H3. The van der Waals surface area contributed by atoms with Crippen molar-refractivity contribution in [2.75, 3.05) is 0 Å². The van der Waals surface area contributed by atoms with Gasteiger partial charge in [-0.15, -0.1) is 0 Å². The van der Waals surface area contributed by atoms with Gasteiger partial charge in [0.2, 0.25) is 9.84 Å². The Morgan fingerprint density at radius 2 is 0.974 bits per heavy atom. The van der Waals surface area contributed by atoms with Crippen LogP contribution >= 0.6 is 0 Å². The number of hydrogen-bond acceptors (Lipinski definition) is 4. The molecule has 5 heteroatoms. The Kier molecular flexibility index (Phi) is 7.98. The third-order valence-corrected chi connectivity index (χ3v) is 8.54. The predicted molar refractivity (Wildman–Crippen MR) is 153 cm³/mol. The molecule has 0 fully saturated rings. The van der Waals surface area contributed by atoms with Crippen molar-refractivity contribution in [3.05, 3.63) is 114 Å².